The maximum Gasteiger partial charge on any atom is 0.357 e. The zero-order valence-electron chi connectivity index (χ0n) is 42.2. The number of nitrogens with zero attached hydrogens (tertiary/aromatic N) is 3. The first-order valence-electron chi connectivity index (χ1n) is 26.3. The topological polar surface area (TPSA) is 73.2 Å². The van der Waals surface area contributed by atoms with E-state index in [2.05, 4.69) is 159 Å². The lowest BCUT2D eigenvalue weighted by Gasteiger charge is -2.35. The minimum atomic E-state index is -1.25. The van der Waals surface area contributed by atoms with Gasteiger partial charge in [0.15, 0.2) is 5.71 Å². The molecule has 0 spiro atoms. The van der Waals surface area contributed by atoms with Gasteiger partial charge in [0.2, 0.25) is 0 Å². The molecule has 0 saturated heterocycles. The van der Waals surface area contributed by atoms with Gasteiger partial charge in [-0.25, -0.2) is 4.79 Å². The highest BCUT2D eigenvalue weighted by molar-refractivity contribution is 7.16. The molecular weight excluding hydrogens is 903 g/mol. The van der Waals surface area contributed by atoms with Crippen molar-refractivity contribution in [1.29, 1.82) is 0 Å². The fourth-order valence-electron chi connectivity index (χ4n) is 11.9. The van der Waals surface area contributed by atoms with Crippen molar-refractivity contribution in [2.45, 2.75) is 116 Å². The lowest BCUT2D eigenvalue weighted by molar-refractivity contribution is -0.129. The van der Waals surface area contributed by atoms with Crippen LogP contribution in [-0.2, 0) is 20.4 Å². The van der Waals surface area contributed by atoms with Crippen LogP contribution in [0.3, 0.4) is 0 Å². The summed E-state index contributed by atoms with van der Waals surface area (Å²) in [5, 5.41) is 15.2. The average molecular weight is 968 g/mol. The van der Waals surface area contributed by atoms with Gasteiger partial charge in [-0.2, -0.15) is 10.1 Å². The number of amides is 1. The molecule has 0 saturated carbocycles. The van der Waals surface area contributed by atoms with Gasteiger partial charge in [0.1, 0.15) is 0 Å². The number of carboxylic acids is 1. The Morgan fingerprint density at radius 1 is 0.583 bits per heavy atom. The summed E-state index contributed by atoms with van der Waals surface area (Å²) in [4.78, 5) is 30.1. The second kappa shape index (κ2) is 20.9. The maximum atomic E-state index is 13.4. The number of thiophene rings is 1. The summed E-state index contributed by atoms with van der Waals surface area (Å²) in [5.74, 6) is -1.72. The van der Waals surface area contributed by atoms with E-state index < -0.39 is 11.9 Å². The van der Waals surface area contributed by atoms with Gasteiger partial charge in [0.25, 0.3) is 5.91 Å². The molecule has 364 valence electrons. The number of hydrazone groups is 1. The largest absolute Gasteiger partial charge is 0.476 e. The minimum absolute atomic E-state index is 0.0401. The highest BCUT2D eigenvalue weighted by atomic mass is 32.1. The van der Waals surface area contributed by atoms with Crippen molar-refractivity contribution >= 4 is 57.8 Å². The summed E-state index contributed by atoms with van der Waals surface area (Å²) in [6.45, 7) is 9.29. The van der Waals surface area contributed by atoms with Crippen LogP contribution in [0.15, 0.2) is 174 Å². The smallest absolute Gasteiger partial charge is 0.357 e. The molecule has 2 aliphatic carbocycles. The van der Waals surface area contributed by atoms with Crippen molar-refractivity contribution < 1.29 is 14.7 Å². The first-order valence-corrected chi connectivity index (χ1v) is 27.2. The number of fused-ring (bicyclic) bond motifs is 6. The van der Waals surface area contributed by atoms with E-state index in [1.54, 1.807) is 47.8 Å². The molecule has 7 heteroatoms. The van der Waals surface area contributed by atoms with Crippen molar-refractivity contribution in [3.8, 4) is 32.7 Å². The van der Waals surface area contributed by atoms with Gasteiger partial charge < -0.3 is 10.0 Å². The van der Waals surface area contributed by atoms with E-state index in [1.807, 2.05) is 12.1 Å². The number of aliphatic carboxylic acids is 1. The van der Waals surface area contributed by atoms with Crippen molar-refractivity contribution in [3.05, 3.63) is 197 Å². The van der Waals surface area contributed by atoms with Crippen LogP contribution in [0.2, 0.25) is 0 Å². The lowest BCUT2D eigenvalue weighted by Crippen LogP contribution is -2.26. The van der Waals surface area contributed by atoms with Crippen LogP contribution in [0.25, 0.3) is 38.8 Å². The second-order valence-electron chi connectivity index (χ2n) is 19.9. The zero-order chi connectivity index (χ0) is 49.8. The number of anilines is 4. The molecule has 1 N–H and O–H groups in total. The SMILES string of the molecule is CCCCC1(CCCC)c2ccccc2-c2ccc(N(c3ccc(-c4ccc(/C=C/C=C5\C(=O)N(c6ccccc6)N=C5C(=O)O)s4)cc3)c3ccc4c(c3)C(CCCC)(CCCC)c3ccccc3-4)cc21. The van der Waals surface area contributed by atoms with Crippen LogP contribution in [0, 0.1) is 0 Å². The molecule has 0 atom stereocenters. The molecular formula is C65H65N3O3S. The Hall–Kier alpha value is -7.09. The molecule has 0 unspecified atom stereocenters. The number of carbonyl (C=O) groups excluding carboxylic acids is 1. The van der Waals surface area contributed by atoms with Gasteiger partial charge >= 0.3 is 5.97 Å². The second-order valence-corrected chi connectivity index (χ2v) is 21.0. The number of para-hydroxylation sites is 1. The first kappa shape index (κ1) is 48.5. The summed E-state index contributed by atoms with van der Waals surface area (Å²) in [7, 11) is 0. The minimum Gasteiger partial charge on any atom is -0.476 e. The maximum absolute atomic E-state index is 13.4. The van der Waals surface area contributed by atoms with Crippen LogP contribution in [-0.4, -0.2) is 22.7 Å². The third-order valence-corrected chi connectivity index (χ3v) is 16.6. The Morgan fingerprint density at radius 2 is 1.07 bits per heavy atom. The van der Waals surface area contributed by atoms with Gasteiger partial charge in [-0.1, -0.05) is 176 Å². The predicted octanol–water partition coefficient (Wildman–Crippen LogP) is 17.6. The van der Waals surface area contributed by atoms with Crippen molar-refractivity contribution in [1.82, 2.24) is 0 Å². The number of hydrogen-bond acceptors (Lipinski definition) is 5. The number of benzene rings is 6. The fraction of sp³-hybridized carbons (Fsp3) is 0.277. The molecule has 6 aromatic carbocycles. The Labute approximate surface area is 430 Å². The molecule has 0 fully saturated rings. The van der Waals surface area contributed by atoms with E-state index in [0.29, 0.717) is 5.69 Å². The number of allylic oxidation sites excluding steroid dienone is 2. The van der Waals surface area contributed by atoms with Crippen LogP contribution in [0.1, 0.15) is 132 Å². The summed E-state index contributed by atoms with van der Waals surface area (Å²) in [6, 6.07) is 55.1. The van der Waals surface area contributed by atoms with E-state index in [1.165, 1.54) is 81.6 Å². The quantitative estimate of drug-likeness (QED) is 0.0773. The number of hydrogen-bond donors (Lipinski definition) is 1. The van der Waals surface area contributed by atoms with Gasteiger partial charge in [0, 0.05) is 37.6 Å². The highest BCUT2D eigenvalue weighted by Gasteiger charge is 2.44. The molecule has 72 heavy (non-hydrogen) atoms. The fourth-order valence-corrected chi connectivity index (χ4v) is 12.9. The van der Waals surface area contributed by atoms with Crippen LogP contribution >= 0.6 is 11.3 Å². The number of unbranched alkanes of at least 4 members (excludes halogenated alkanes) is 4. The normalized spacial score (nSPS) is 15.4. The van der Waals surface area contributed by atoms with Crippen molar-refractivity contribution in [2.24, 2.45) is 5.10 Å². The number of rotatable bonds is 20. The van der Waals surface area contributed by atoms with E-state index in [4.69, 9.17) is 0 Å². The summed E-state index contributed by atoms with van der Waals surface area (Å²) in [5.41, 5.74) is 16.2. The molecule has 2 heterocycles. The molecule has 3 aliphatic rings. The van der Waals surface area contributed by atoms with Crippen molar-refractivity contribution in [2.75, 3.05) is 9.91 Å². The molecule has 0 radical (unpaired) electrons. The number of carboxylic acid groups (broad SMARTS) is 1. The average Bonchev–Trinajstić information content (AvgIpc) is 4.16. The molecule has 1 amide bonds. The van der Waals surface area contributed by atoms with E-state index in [9.17, 15) is 14.7 Å². The van der Waals surface area contributed by atoms with Gasteiger partial charge in [-0.3, -0.25) is 4.79 Å². The molecule has 7 aromatic rings. The van der Waals surface area contributed by atoms with Crippen LogP contribution in [0.4, 0.5) is 22.7 Å². The Bertz CT molecular complexity index is 3080. The van der Waals surface area contributed by atoms with E-state index >= 15 is 0 Å². The standard InChI is InChI=1S/C65H65N3O3S/c1-5-9-39-64(40-10-6-2)56-27-18-16-24-51(56)53-36-33-48(43-58(53)64)67(49-34-37-54-52-25-17-19-28-57(52)65(41-11-7-3,42-12-8-4)59(54)44-49)46-31-29-45(30-32-46)60-38-35-50(72-60)23-20-26-55-61(63(70)71)66-68(62(55)69)47-21-14-13-15-22-47/h13-38,43-44H,5-12,39-42H2,1-4H3,(H,70,71)/b23-20+,55-26-. The third kappa shape index (κ3) is 8.76. The van der Waals surface area contributed by atoms with Crippen LogP contribution in [0.5, 0.6) is 0 Å². The number of carbonyl (C=O) groups is 2. The molecule has 1 aromatic heterocycles. The van der Waals surface area contributed by atoms with E-state index in [-0.39, 0.29) is 22.1 Å². The molecule has 6 nitrogen and oxygen atoms in total. The summed E-state index contributed by atoms with van der Waals surface area (Å²) < 4.78 is 0. The summed E-state index contributed by atoms with van der Waals surface area (Å²) in [6.07, 6.45) is 19.1. The monoisotopic (exact) mass is 967 g/mol. The lowest BCUT2D eigenvalue weighted by atomic mass is 9.70. The van der Waals surface area contributed by atoms with E-state index in [0.717, 1.165) is 77.4 Å². The van der Waals surface area contributed by atoms with Gasteiger partial charge in [-0.15, -0.1) is 11.3 Å². The molecule has 0 bridgehead atoms. The molecule has 10 rings (SSSR count). The first-order chi connectivity index (χ1) is 35.2. The Morgan fingerprint density at radius 3 is 1.58 bits per heavy atom. The predicted molar refractivity (Wildman–Crippen MR) is 301 cm³/mol. The third-order valence-electron chi connectivity index (χ3n) is 15.5. The van der Waals surface area contributed by atoms with Crippen molar-refractivity contribution in [3.63, 3.8) is 0 Å². The van der Waals surface area contributed by atoms with Gasteiger partial charge in [-0.05, 0) is 149 Å². The zero-order valence-corrected chi connectivity index (χ0v) is 43.0. The Kier molecular flexibility index (Phi) is 14.1. The summed E-state index contributed by atoms with van der Waals surface area (Å²) >= 11 is 1.65. The van der Waals surface area contributed by atoms with Crippen LogP contribution < -0.4 is 9.91 Å². The van der Waals surface area contributed by atoms with Gasteiger partial charge in [0.05, 0.1) is 11.3 Å². The molecule has 1 aliphatic heterocycles. The highest BCUT2D eigenvalue weighted by Crippen LogP contribution is 2.58. The Balaban J connectivity index is 1.04.